The van der Waals surface area contributed by atoms with Crippen molar-refractivity contribution in [3.8, 4) is 0 Å². The number of hydrogen-bond acceptors (Lipinski definition) is 3. The van der Waals surface area contributed by atoms with Crippen LogP contribution in [-0.4, -0.2) is 23.3 Å². The van der Waals surface area contributed by atoms with E-state index < -0.39 is 0 Å². The number of aliphatic hydroxyl groups excluding tert-OH is 1. The molecule has 1 aliphatic rings. The Morgan fingerprint density at radius 2 is 2.04 bits per heavy atom. The van der Waals surface area contributed by atoms with Crippen LogP contribution in [0.25, 0.3) is 11.0 Å². The van der Waals surface area contributed by atoms with Crippen molar-refractivity contribution in [3.05, 3.63) is 35.0 Å². The van der Waals surface area contributed by atoms with Gasteiger partial charge in [-0.15, -0.1) is 0 Å². The smallest absolute Gasteiger partial charge is 0.315 e. The zero-order valence-corrected chi connectivity index (χ0v) is 13.8. The molecule has 0 spiro atoms. The zero-order chi connectivity index (χ0) is 16.4. The fourth-order valence-electron chi connectivity index (χ4n) is 2.96. The summed E-state index contributed by atoms with van der Waals surface area (Å²) in [5.74, 6) is 0.691. The van der Waals surface area contributed by atoms with Crippen LogP contribution < -0.4 is 10.6 Å². The second kappa shape index (κ2) is 6.81. The van der Waals surface area contributed by atoms with Crippen molar-refractivity contribution >= 4 is 28.6 Å². The van der Waals surface area contributed by atoms with Crippen LogP contribution in [0.5, 0.6) is 0 Å². The van der Waals surface area contributed by atoms with Gasteiger partial charge in [0.05, 0.1) is 12.1 Å². The number of aliphatic hydroxyl groups is 1. The number of urea groups is 1. The molecule has 1 aliphatic carbocycles. The molecule has 0 aliphatic heterocycles. The van der Waals surface area contributed by atoms with Gasteiger partial charge < -0.3 is 20.2 Å². The Kier molecular flexibility index (Phi) is 4.78. The van der Waals surface area contributed by atoms with Crippen LogP contribution in [0.2, 0.25) is 5.02 Å². The Balaban J connectivity index is 1.58. The number of benzene rings is 1. The van der Waals surface area contributed by atoms with E-state index in [4.69, 9.17) is 16.0 Å². The first-order valence-corrected chi connectivity index (χ1v) is 8.33. The third-order valence-corrected chi connectivity index (χ3v) is 4.54. The number of nitrogens with one attached hydrogen (secondary N) is 2. The molecular weight excluding hydrogens is 316 g/mol. The molecule has 2 aromatic rings. The first-order chi connectivity index (χ1) is 11.0. The van der Waals surface area contributed by atoms with Gasteiger partial charge >= 0.3 is 6.03 Å². The Labute approximate surface area is 140 Å². The molecule has 124 valence electrons. The van der Waals surface area contributed by atoms with Gasteiger partial charge in [0.25, 0.3) is 0 Å². The van der Waals surface area contributed by atoms with E-state index in [0.717, 1.165) is 36.7 Å². The Hall–Kier alpha value is -1.72. The highest BCUT2D eigenvalue weighted by Crippen LogP contribution is 2.26. The van der Waals surface area contributed by atoms with Gasteiger partial charge in [0, 0.05) is 16.5 Å². The normalized spacial score (nSPS) is 22.7. The van der Waals surface area contributed by atoms with Crippen LogP contribution in [0.15, 0.2) is 28.7 Å². The summed E-state index contributed by atoms with van der Waals surface area (Å²) in [5, 5.41) is 16.9. The number of halogens is 1. The van der Waals surface area contributed by atoms with Gasteiger partial charge in [-0.1, -0.05) is 11.6 Å². The largest absolute Gasteiger partial charge is 0.459 e. The lowest BCUT2D eigenvalue weighted by Crippen LogP contribution is -2.44. The van der Waals surface area contributed by atoms with Crippen molar-refractivity contribution in [3.63, 3.8) is 0 Å². The van der Waals surface area contributed by atoms with E-state index in [9.17, 15) is 9.90 Å². The van der Waals surface area contributed by atoms with Crippen molar-refractivity contribution in [1.29, 1.82) is 0 Å². The summed E-state index contributed by atoms with van der Waals surface area (Å²) in [6.45, 7) is 1.88. The van der Waals surface area contributed by atoms with Gasteiger partial charge in [0.1, 0.15) is 11.3 Å². The van der Waals surface area contributed by atoms with Crippen LogP contribution in [0.3, 0.4) is 0 Å². The van der Waals surface area contributed by atoms with Crippen molar-refractivity contribution in [2.24, 2.45) is 0 Å². The van der Waals surface area contributed by atoms with Crippen LogP contribution in [0.1, 0.15) is 44.4 Å². The van der Waals surface area contributed by atoms with Gasteiger partial charge in [0.2, 0.25) is 0 Å². The second-order valence-electron chi connectivity index (χ2n) is 6.18. The zero-order valence-electron chi connectivity index (χ0n) is 13.0. The van der Waals surface area contributed by atoms with Crippen molar-refractivity contribution in [2.45, 2.75) is 50.8 Å². The van der Waals surface area contributed by atoms with E-state index in [2.05, 4.69) is 10.6 Å². The average Bonchev–Trinajstić information content (AvgIpc) is 2.92. The van der Waals surface area contributed by atoms with Crippen LogP contribution >= 0.6 is 11.6 Å². The van der Waals surface area contributed by atoms with Gasteiger partial charge in [-0.05, 0) is 56.9 Å². The fourth-order valence-corrected chi connectivity index (χ4v) is 3.14. The first kappa shape index (κ1) is 16.1. The van der Waals surface area contributed by atoms with Crippen molar-refractivity contribution < 1.29 is 14.3 Å². The molecule has 1 aromatic carbocycles. The topological polar surface area (TPSA) is 74.5 Å². The number of fused-ring (bicyclic) bond motifs is 1. The van der Waals surface area contributed by atoms with E-state index in [0.29, 0.717) is 10.8 Å². The summed E-state index contributed by atoms with van der Waals surface area (Å²) >= 11 is 5.97. The van der Waals surface area contributed by atoms with E-state index in [1.807, 2.05) is 25.1 Å². The molecule has 1 atom stereocenters. The Morgan fingerprint density at radius 1 is 1.30 bits per heavy atom. The van der Waals surface area contributed by atoms with E-state index in [1.54, 1.807) is 6.07 Å². The van der Waals surface area contributed by atoms with E-state index >= 15 is 0 Å². The lowest BCUT2D eigenvalue weighted by molar-refractivity contribution is 0.117. The monoisotopic (exact) mass is 336 g/mol. The molecular formula is C17H21ClN2O3. The molecule has 2 amide bonds. The number of carbonyl (C=O) groups is 1. The highest BCUT2D eigenvalue weighted by Gasteiger charge is 2.22. The summed E-state index contributed by atoms with van der Waals surface area (Å²) < 4.78 is 5.76. The third kappa shape index (κ3) is 3.98. The molecule has 6 heteroatoms. The lowest BCUT2D eigenvalue weighted by atomic mass is 9.93. The molecule has 5 nitrogen and oxygen atoms in total. The SMILES string of the molecule is C[C@H](NC(=O)NC1CCC(O)CC1)c1cc2cc(Cl)ccc2o1. The fraction of sp³-hybridized carbons (Fsp3) is 0.471. The molecule has 1 saturated carbocycles. The molecule has 0 unspecified atom stereocenters. The third-order valence-electron chi connectivity index (χ3n) is 4.30. The van der Waals surface area contributed by atoms with Crippen molar-refractivity contribution in [2.75, 3.05) is 0 Å². The minimum Gasteiger partial charge on any atom is -0.459 e. The number of furan rings is 1. The molecule has 3 rings (SSSR count). The second-order valence-corrected chi connectivity index (χ2v) is 6.61. The summed E-state index contributed by atoms with van der Waals surface area (Å²) in [6.07, 6.45) is 2.88. The number of rotatable bonds is 3. The Bertz CT molecular complexity index is 692. The Morgan fingerprint density at radius 3 is 2.78 bits per heavy atom. The highest BCUT2D eigenvalue weighted by atomic mass is 35.5. The minimum atomic E-state index is -0.240. The number of hydrogen-bond donors (Lipinski definition) is 3. The molecule has 0 bridgehead atoms. The quantitative estimate of drug-likeness (QED) is 0.799. The predicted octanol–water partition coefficient (Wildman–Crippen LogP) is 3.75. The summed E-state index contributed by atoms with van der Waals surface area (Å²) in [6, 6.07) is 7.00. The molecule has 1 heterocycles. The van der Waals surface area contributed by atoms with E-state index in [-0.39, 0.29) is 24.2 Å². The first-order valence-electron chi connectivity index (χ1n) is 7.95. The van der Waals surface area contributed by atoms with Crippen LogP contribution in [0, 0.1) is 0 Å². The van der Waals surface area contributed by atoms with Gasteiger partial charge in [0.15, 0.2) is 0 Å². The molecule has 1 aromatic heterocycles. The minimum absolute atomic E-state index is 0.125. The summed E-state index contributed by atoms with van der Waals surface area (Å²) in [5.41, 5.74) is 0.750. The van der Waals surface area contributed by atoms with Crippen LogP contribution in [-0.2, 0) is 0 Å². The predicted molar refractivity (Wildman–Crippen MR) is 89.6 cm³/mol. The summed E-state index contributed by atoms with van der Waals surface area (Å²) in [4.78, 5) is 12.1. The van der Waals surface area contributed by atoms with Crippen LogP contribution in [0.4, 0.5) is 4.79 Å². The molecule has 23 heavy (non-hydrogen) atoms. The van der Waals surface area contributed by atoms with E-state index in [1.165, 1.54) is 0 Å². The maximum atomic E-state index is 12.1. The number of amides is 2. The number of carbonyl (C=O) groups excluding carboxylic acids is 1. The standard InChI is InChI=1S/C17H21ClN2O3/c1-10(16-9-11-8-12(18)2-7-15(11)23-16)19-17(22)20-13-3-5-14(21)6-4-13/h2,7-10,13-14,21H,3-6H2,1H3,(H2,19,20,22)/t10-,13?,14?/m0/s1. The van der Waals surface area contributed by atoms with Gasteiger partial charge in [-0.25, -0.2) is 4.79 Å². The van der Waals surface area contributed by atoms with Crippen molar-refractivity contribution in [1.82, 2.24) is 10.6 Å². The molecule has 1 fully saturated rings. The summed E-state index contributed by atoms with van der Waals surface area (Å²) in [7, 11) is 0. The average molecular weight is 337 g/mol. The maximum Gasteiger partial charge on any atom is 0.315 e. The maximum absolute atomic E-state index is 12.1. The molecule has 3 N–H and O–H groups in total. The molecule has 0 radical (unpaired) electrons. The molecule has 0 saturated heterocycles. The lowest BCUT2D eigenvalue weighted by Gasteiger charge is -2.26. The van der Waals surface area contributed by atoms with Gasteiger partial charge in [-0.3, -0.25) is 0 Å². The highest BCUT2D eigenvalue weighted by molar-refractivity contribution is 6.31. The van der Waals surface area contributed by atoms with Gasteiger partial charge in [-0.2, -0.15) is 0 Å².